The molecule has 1 unspecified atom stereocenters. The molecule has 106 valence electrons. The predicted octanol–water partition coefficient (Wildman–Crippen LogP) is 3.74. The van der Waals surface area contributed by atoms with Gasteiger partial charge in [-0.3, -0.25) is 4.79 Å². The van der Waals surface area contributed by atoms with Crippen molar-refractivity contribution in [3.8, 4) is 0 Å². The second-order valence-corrected chi connectivity index (χ2v) is 4.85. The van der Waals surface area contributed by atoms with Crippen LogP contribution in [0.1, 0.15) is 36.5 Å². The Kier molecular flexibility index (Phi) is 6.78. The van der Waals surface area contributed by atoms with E-state index < -0.39 is 17.5 Å². The molecule has 0 spiro atoms. The van der Waals surface area contributed by atoms with Crippen molar-refractivity contribution in [2.45, 2.75) is 26.2 Å². The van der Waals surface area contributed by atoms with Crippen LogP contribution in [-0.4, -0.2) is 18.3 Å². The SMILES string of the molecule is CCCC(CCCl)CNC(=O)c1ccc(F)c(F)c1. The van der Waals surface area contributed by atoms with Gasteiger partial charge in [0.15, 0.2) is 11.6 Å². The fourth-order valence-electron chi connectivity index (χ4n) is 1.89. The van der Waals surface area contributed by atoms with Gasteiger partial charge in [0.1, 0.15) is 0 Å². The van der Waals surface area contributed by atoms with Gasteiger partial charge in [-0.1, -0.05) is 13.3 Å². The minimum atomic E-state index is -1.02. The second-order valence-electron chi connectivity index (χ2n) is 4.47. The van der Waals surface area contributed by atoms with Gasteiger partial charge in [0.05, 0.1) is 0 Å². The highest BCUT2D eigenvalue weighted by atomic mass is 35.5. The molecule has 0 heterocycles. The van der Waals surface area contributed by atoms with Gasteiger partial charge in [-0.2, -0.15) is 0 Å². The molecule has 1 N–H and O–H groups in total. The van der Waals surface area contributed by atoms with E-state index in [1.165, 1.54) is 6.07 Å². The first-order chi connectivity index (χ1) is 9.08. The summed E-state index contributed by atoms with van der Waals surface area (Å²) in [4.78, 5) is 11.8. The lowest BCUT2D eigenvalue weighted by molar-refractivity contribution is 0.0945. The first-order valence-corrected chi connectivity index (χ1v) is 6.91. The molecule has 0 radical (unpaired) electrons. The molecule has 0 saturated heterocycles. The summed E-state index contributed by atoms with van der Waals surface area (Å²) in [5, 5.41) is 2.73. The maximum atomic E-state index is 13.0. The average molecular weight is 290 g/mol. The molecular weight excluding hydrogens is 272 g/mol. The van der Waals surface area contributed by atoms with Crippen LogP contribution in [0.3, 0.4) is 0 Å². The second kappa shape index (κ2) is 8.10. The van der Waals surface area contributed by atoms with Gasteiger partial charge in [0.2, 0.25) is 0 Å². The Balaban J connectivity index is 2.56. The number of rotatable bonds is 7. The van der Waals surface area contributed by atoms with Crippen molar-refractivity contribution in [3.63, 3.8) is 0 Å². The molecule has 0 aliphatic rings. The highest BCUT2D eigenvalue weighted by Crippen LogP contribution is 2.12. The third-order valence-corrected chi connectivity index (χ3v) is 3.17. The maximum absolute atomic E-state index is 13.0. The Labute approximate surface area is 117 Å². The third-order valence-electron chi connectivity index (χ3n) is 2.95. The fourth-order valence-corrected chi connectivity index (χ4v) is 2.20. The molecule has 0 fully saturated rings. The zero-order valence-corrected chi connectivity index (χ0v) is 11.6. The van der Waals surface area contributed by atoms with E-state index >= 15 is 0 Å². The number of halogens is 3. The van der Waals surface area contributed by atoms with Gasteiger partial charge in [-0.05, 0) is 37.0 Å². The van der Waals surface area contributed by atoms with Crippen LogP contribution in [0.4, 0.5) is 8.78 Å². The first kappa shape index (κ1) is 15.9. The highest BCUT2D eigenvalue weighted by molar-refractivity contribution is 6.17. The zero-order valence-electron chi connectivity index (χ0n) is 10.9. The number of carbonyl (C=O) groups is 1. The largest absolute Gasteiger partial charge is 0.352 e. The minimum absolute atomic E-state index is 0.125. The van der Waals surface area contributed by atoms with E-state index in [0.717, 1.165) is 31.4 Å². The normalized spacial score (nSPS) is 12.2. The molecule has 0 aliphatic carbocycles. The van der Waals surface area contributed by atoms with Crippen LogP contribution in [-0.2, 0) is 0 Å². The smallest absolute Gasteiger partial charge is 0.251 e. The summed E-state index contributed by atoms with van der Waals surface area (Å²) in [6, 6.07) is 3.12. The Morgan fingerprint density at radius 1 is 1.32 bits per heavy atom. The maximum Gasteiger partial charge on any atom is 0.251 e. The molecule has 1 rings (SSSR count). The van der Waals surface area contributed by atoms with Gasteiger partial charge in [-0.15, -0.1) is 11.6 Å². The van der Waals surface area contributed by atoms with Crippen LogP contribution in [0.25, 0.3) is 0 Å². The lowest BCUT2D eigenvalue weighted by Crippen LogP contribution is -2.29. The number of nitrogens with one attached hydrogen (secondary N) is 1. The summed E-state index contributed by atoms with van der Waals surface area (Å²) < 4.78 is 25.8. The van der Waals surface area contributed by atoms with Crippen LogP contribution in [0.5, 0.6) is 0 Å². The molecule has 1 atom stereocenters. The number of amides is 1. The van der Waals surface area contributed by atoms with E-state index in [4.69, 9.17) is 11.6 Å². The molecule has 0 aromatic heterocycles. The number of hydrogen-bond acceptors (Lipinski definition) is 1. The molecule has 1 aromatic carbocycles. The summed E-state index contributed by atoms with van der Waals surface area (Å²) in [7, 11) is 0. The van der Waals surface area contributed by atoms with Crippen LogP contribution in [0.2, 0.25) is 0 Å². The van der Waals surface area contributed by atoms with Crippen molar-refractivity contribution >= 4 is 17.5 Å². The third kappa shape index (κ3) is 5.15. The van der Waals surface area contributed by atoms with Crippen molar-refractivity contribution < 1.29 is 13.6 Å². The average Bonchev–Trinajstić information content (AvgIpc) is 2.39. The van der Waals surface area contributed by atoms with Crippen LogP contribution < -0.4 is 5.32 Å². The molecule has 0 bridgehead atoms. The van der Waals surface area contributed by atoms with E-state index in [1.807, 2.05) is 0 Å². The first-order valence-electron chi connectivity index (χ1n) is 6.37. The summed E-state index contributed by atoms with van der Waals surface area (Å²) in [5.41, 5.74) is 0.125. The standard InChI is InChI=1S/C14H18ClF2NO/c1-2-3-10(6-7-15)9-18-14(19)11-4-5-12(16)13(17)8-11/h4-5,8,10H,2-3,6-7,9H2,1H3,(H,18,19). The topological polar surface area (TPSA) is 29.1 Å². The van der Waals surface area contributed by atoms with E-state index in [0.29, 0.717) is 18.3 Å². The molecule has 0 saturated carbocycles. The van der Waals surface area contributed by atoms with E-state index in [1.54, 1.807) is 0 Å². The summed E-state index contributed by atoms with van der Waals surface area (Å²) in [6.45, 7) is 2.57. The number of benzene rings is 1. The molecular formula is C14H18ClF2NO. The lowest BCUT2D eigenvalue weighted by Gasteiger charge is -2.15. The molecule has 2 nitrogen and oxygen atoms in total. The van der Waals surface area contributed by atoms with Gasteiger partial charge < -0.3 is 5.32 Å². The minimum Gasteiger partial charge on any atom is -0.352 e. The Bertz CT molecular complexity index is 420. The van der Waals surface area contributed by atoms with Crippen molar-refractivity contribution in [1.29, 1.82) is 0 Å². The van der Waals surface area contributed by atoms with Gasteiger partial charge in [0.25, 0.3) is 5.91 Å². The molecule has 1 amide bonds. The van der Waals surface area contributed by atoms with Gasteiger partial charge in [0, 0.05) is 18.0 Å². The van der Waals surface area contributed by atoms with Crippen molar-refractivity contribution in [2.24, 2.45) is 5.92 Å². The summed E-state index contributed by atoms with van der Waals surface area (Å²) in [6.07, 6.45) is 2.82. The van der Waals surface area contributed by atoms with Crippen LogP contribution in [0, 0.1) is 17.6 Å². The number of hydrogen-bond donors (Lipinski definition) is 1. The highest BCUT2D eigenvalue weighted by Gasteiger charge is 2.12. The number of carbonyl (C=O) groups excluding carboxylic acids is 1. The predicted molar refractivity (Wildman–Crippen MR) is 72.4 cm³/mol. The monoisotopic (exact) mass is 289 g/mol. The molecule has 1 aromatic rings. The Hall–Kier alpha value is -1.16. The van der Waals surface area contributed by atoms with Gasteiger partial charge in [-0.25, -0.2) is 8.78 Å². The number of alkyl halides is 1. The molecule has 0 aliphatic heterocycles. The Morgan fingerprint density at radius 2 is 2.05 bits per heavy atom. The van der Waals surface area contributed by atoms with Crippen molar-refractivity contribution in [2.75, 3.05) is 12.4 Å². The fraction of sp³-hybridized carbons (Fsp3) is 0.500. The quantitative estimate of drug-likeness (QED) is 0.761. The van der Waals surface area contributed by atoms with E-state index in [-0.39, 0.29) is 5.56 Å². The summed E-state index contributed by atoms with van der Waals surface area (Å²) in [5.74, 6) is -1.50. The van der Waals surface area contributed by atoms with E-state index in [2.05, 4.69) is 12.2 Å². The Morgan fingerprint density at radius 3 is 2.63 bits per heavy atom. The van der Waals surface area contributed by atoms with Crippen LogP contribution >= 0.6 is 11.6 Å². The van der Waals surface area contributed by atoms with Crippen molar-refractivity contribution in [3.05, 3.63) is 35.4 Å². The van der Waals surface area contributed by atoms with Crippen molar-refractivity contribution in [1.82, 2.24) is 5.32 Å². The summed E-state index contributed by atoms with van der Waals surface area (Å²) >= 11 is 5.70. The van der Waals surface area contributed by atoms with Crippen LogP contribution in [0.15, 0.2) is 18.2 Å². The molecule has 19 heavy (non-hydrogen) atoms. The lowest BCUT2D eigenvalue weighted by atomic mass is 10.0. The van der Waals surface area contributed by atoms with E-state index in [9.17, 15) is 13.6 Å². The zero-order chi connectivity index (χ0) is 14.3. The van der Waals surface area contributed by atoms with Gasteiger partial charge >= 0.3 is 0 Å². The molecule has 5 heteroatoms.